The van der Waals surface area contributed by atoms with Crippen molar-refractivity contribution < 1.29 is 19.3 Å². The molecule has 57 heavy (non-hydrogen) atoms. The van der Waals surface area contributed by atoms with Crippen molar-refractivity contribution in [3.63, 3.8) is 0 Å². The van der Waals surface area contributed by atoms with Gasteiger partial charge in [-0.2, -0.15) is 0 Å². The average molecular weight is 783 g/mol. The molecule has 16 nitrogen and oxygen atoms in total. The van der Waals surface area contributed by atoms with Crippen LogP contribution >= 0.6 is 11.6 Å². The number of nitrogens with one attached hydrogen (secondary N) is 1. The molecule has 17 heteroatoms. The van der Waals surface area contributed by atoms with Crippen LogP contribution in [0.5, 0.6) is 11.5 Å². The highest BCUT2D eigenvalue weighted by atomic mass is 35.5. The second kappa shape index (κ2) is 19.0. The molecule has 0 saturated carbocycles. The maximum Gasteiger partial charge on any atom is 0.277 e. The van der Waals surface area contributed by atoms with Gasteiger partial charge in [0.1, 0.15) is 47.3 Å². The van der Waals surface area contributed by atoms with Gasteiger partial charge < -0.3 is 20.5 Å². The molecule has 0 aliphatic heterocycles. The summed E-state index contributed by atoms with van der Waals surface area (Å²) in [6, 6.07) is 27.6. The molecule has 0 aliphatic rings. The molecular formula is C40H31ClN10O6. The first-order chi connectivity index (χ1) is 27.7. The highest BCUT2D eigenvalue weighted by Gasteiger charge is 2.16. The molecule has 0 radical (unpaired) electrons. The monoisotopic (exact) mass is 782 g/mol. The minimum absolute atomic E-state index is 0.0577. The van der Waals surface area contributed by atoms with Crippen molar-refractivity contribution in [2.75, 3.05) is 11.1 Å². The molecule has 284 valence electrons. The van der Waals surface area contributed by atoms with E-state index >= 15 is 0 Å². The van der Waals surface area contributed by atoms with E-state index in [1.54, 1.807) is 98.0 Å². The lowest BCUT2D eigenvalue weighted by Crippen LogP contribution is -2.00. The lowest BCUT2D eigenvalue weighted by Gasteiger charge is -2.11. The molecule has 0 unspecified atom stereocenters. The van der Waals surface area contributed by atoms with E-state index in [1.807, 2.05) is 30.3 Å². The molecule has 0 saturated heterocycles. The molecule has 0 spiro atoms. The third-order valence-electron chi connectivity index (χ3n) is 7.92. The van der Waals surface area contributed by atoms with Gasteiger partial charge in [-0.15, -0.1) is 0 Å². The Kier molecular flexibility index (Phi) is 12.9. The maximum absolute atomic E-state index is 11.2. The van der Waals surface area contributed by atoms with Crippen LogP contribution in [0.25, 0.3) is 21.5 Å². The number of hydrogen-bond donors (Lipinski definition) is 2. The van der Waals surface area contributed by atoms with Crippen LogP contribution in [0.4, 0.5) is 28.8 Å². The van der Waals surface area contributed by atoms with Gasteiger partial charge in [0.2, 0.25) is 0 Å². The van der Waals surface area contributed by atoms with E-state index in [-0.39, 0.29) is 16.3 Å². The number of ether oxygens (including phenoxy) is 2. The quantitative estimate of drug-likeness (QED) is 0.0753. The molecule has 0 amide bonds. The zero-order valence-corrected chi connectivity index (χ0v) is 30.5. The number of benzene rings is 4. The smallest absolute Gasteiger partial charge is 0.277 e. The van der Waals surface area contributed by atoms with Crippen LogP contribution in [0.1, 0.15) is 11.1 Å². The molecule has 4 heterocycles. The number of fused-ring (bicyclic) bond motifs is 2. The number of nitro benzene ring substituents is 2. The number of rotatable bonds is 10. The number of aromatic nitrogens is 6. The lowest BCUT2D eigenvalue weighted by molar-refractivity contribution is -0.383. The van der Waals surface area contributed by atoms with Crippen molar-refractivity contribution in [1.82, 2.24) is 29.9 Å². The second-order valence-electron chi connectivity index (χ2n) is 11.7. The Labute approximate surface area is 329 Å². The van der Waals surface area contributed by atoms with Crippen LogP contribution in [0.15, 0.2) is 147 Å². The maximum atomic E-state index is 11.2. The number of nitro groups is 2. The number of nitrogens with two attached hydrogens (primary N) is 1. The third kappa shape index (κ3) is 10.6. The summed E-state index contributed by atoms with van der Waals surface area (Å²) in [5, 5.41) is 28.3. The molecular weight excluding hydrogens is 752 g/mol. The van der Waals surface area contributed by atoms with Gasteiger partial charge in [-0.05, 0) is 59.7 Å². The molecule has 4 aromatic heterocycles. The van der Waals surface area contributed by atoms with E-state index in [9.17, 15) is 20.2 Å². The normalized spacial score (nSPS) is 10.3. The second-order valence-corrected chi connectivity index (χ2v) is 12.1. The number of anilines is 3. The predicted octanol–water partition coefficient (Wildman–Crippen LogP) is 8.69. The summed E-state index contributed by atoms with van der Waals surface area (Å²) in [6.45, 7) is 0.601. The third-order valence-corrected chi connectivity index (χ3v) is 8.13. The van der Waals surface area contributed by atoms with Gasteiger partial charge in [0, 0.05) is 60.1 Å². The largest absolute Gasteiger partial charge is 0.488 e. The van der Waals surface area contributed by atoms with E-state index in [0.717, 1.165) is 11.1 Å². The number of nitrogens with zero attached hydrogens (tertiary/aromatic N) is 8. The highest BCUT2D eigenvalue weighted by molar-refractivity contribution is 6.29. The Hall–Kier alpha value is -7.85. The van der Waals surface area contributed by atoms with Crippen LogP contribution in [0.2, 0.25) is 5.15 Å². The Balaban J connectivity index is 0.000000168. The average Bonchev–Trinajstić information content (AvgIpc) is 3.23. The molecule has 0 bridgehead atoms. The fourth-order valence-electron chi connectivity index (χ4n) is 5.37. The zero-order valence-electron chi connectivity index (χ0n) is 29.8. The minimum Gasteiger partial charge on any atom is -0.488 e. The Morgan fingerprint density at radius 3 is 1.56 bits per heavy atom. The standard InChI is InChI=1S/C20H15N5O3.C16H11ClN2O3.C4H5N3/c26-25(27)17-5-6-18(16-4-2-1-3-15(16)17)28-13-14-7-8-22-19(11-14)24-20-12-21-9-10-23-20;17-16-9-11(7-8-18-16)10-22-15-6-5-14(19(20)21)12-3-1-2-4-13(12)15;5-4-3-6-1-2-7-4/h1-12H,13H2,(H,22,23,24);1-9H,10H2;1-3H,(H2,5,7). The van der Waals surface area contributed by atoms with Gasteiger partial charge in [-0.3, -0.25) is 30.2 Å². The van der Waals surface area contributed by atoms with Gasteiger partial charge >= 0.3 is 0 Å². The van der Waals surface area contributed by atoms with Crippen molar-refractivity contribution in [3.8, 4) is 11.5 Å². The number of halogens is 1. The van der Waals surface area contributed by atoms with Crippen molar-refractivity contribution in [1.29, 1.82) is 0 Å². The Morgan fingerprint density at radius 2 is 1.09 bits per heavy atom. The zero-order chi connectivity index (χ0) is 40.0. The molecule has 3 N–H and O–H groups in total. The van der Waals surface area contributed by atoms with Crippen LogP contribution < -0.4 is 20.5 Å². The first-order valence-electron chi connectivity index (χ1n) is 16.9. The molecule has 4 aromatic carbocycles. The molecule has 0 fully saturated rings. The summed E-state index contributed by atoms with van der Waals surface area (Å²) in [5.41, 5.74) is 7.08. The predicted molar refractivity (Wildman–Crippen MR) is 215 cm³/mol. The Morgan fingerprint density at radius 1 is 0.579 bits per heavy atom. The van der Waals surface area contributed by atoms with Gasteiger partial charge in [-0.25, -0.2) is 19.9 Å². The van der Waals surface area contributed by atoms with Crippen LogP contribution in [-0.2, 0) is 13.2 Å². The summed E-state index contributed by atoms with van der Waals surface area (Å²) in [5.74, 6) is 2.85. The summed E-state index contributed by atoms with van der Waals surface area (Å²) < 4.78 is 11.7. The number of non-ortho nitro benzene ring substituents is 2. The summed E-state index contributed by atoms with van der Waals surface area (Å²) in [7, 11) is 0. The van der Waals surface area contributed by atoms with Crippen molar-refractivity contribution in [2.24, 2.45) is 0 Å². The fraction of sp³-hybridized carbons (Fsp3) is 0.0500. The molecule has 0 atom stereocenters. The van der Waals surface area contributed by atoms with Crippen LogP contribution in [0, 0.1) is 20.2 Å². The molecule has 0 aliphatic carbocycles. The minimum atomic E-state index is -0.394. The first kappa shape index (κ1) is 38.9. The SMILES string of the molecule is Nc1cnccn1.O=[N+]([O-])c1ccc(OCc2ccnc(Cl)c2)c2ccccc12.O=[N+]([O-])c1ccc(OCc2ccnc(Nc3cnccn3)c2)c2ccccc12. The van der Waals surface area contributed by atoms with Gasteiger partial charge in [0.05, 0.1) is 33.0 Å². The summed E-state index contributed by atoms with van der Waals surface area (Å²) >= 11 is 5.84. The number of hydrogen-bond acceptors (Lipinski definition) is 14. The van der Waals surface area contributed by atoms with E-state index in [1.165, 1.54) is 18.3 Å². The summed E-state index contributed by atoms with van der Waals surface area (Å²) in [4.78, 5) is 45.3. The fourth-order valence-corrected chi connectivity index (χ4v) is 5.57. The molecule has 8 rings (SSSR count). The van der Waals surface area contributed by atoms with E-state index < -0.39 is 4.92 Å². The number of pyridine rings is 2. The van der Waals surface area contributed by atoms with Crippen molar-refractivity contribution in [2.45, 2.75) is 13.2 Å². The summed E-state index contributed by atoms with van der Waals surface area (Å²) in [6.07, 6.45) is 12.7. The van der Waals surface area contributed by atoms with Gasteiger partial charge in [0.15, 0.2) is 0 Å². The van der Waals surface area contributed by atoms with E-state index in [2.05, 4.69) is 35.2 Å². The van der Waals surface area contributed by atoms with Crippen molar-refractivity contribution >= 4 is 62.0 Å². The number of nitrogen functional groups attached to an aromatic ring is 1. The van der Waals surface area contributed by atoms with Gasteiger partial charge in [-0.1, -0.05) is 48.0 Å². The van der Waals surface area contributed by atoms with Crippen molar-refractivity contribution in [3.05, 3.63) is 183 Å². The topological polar surface area (TPSA) is 220 Å². The molecule has 8 aromatic rings. The Bertz CT molecular complexity index is 2620. The lowest BCUT2D eigenvalue weighted by atomic mass is 10.1. The van der Waals surface area contributed by atoms with Gasteiger partial charge in [0.25, 0.3) is 11.4 Å². The van der Waals surface area contributed by atoms with E-state index in [4.69, 9.17) is 26.8 Å². The van der Waals surface area contributed by atoms with E-state index in [0.29, 0.717) is 68.9 Å². The first-order valence-corrected chi connectivity index (χ1v) is 17.3. The highest BCUT2D eigenvalue weighted by Crippen LogP contribution is 2.34. The van der Waals surface area contributed by atoms with Crippen LogP contribution in [-0.4, -0.2) is 39.8 Å². The van der Waals surface area contributed by atoms with Crippen LogP contribution in [0.3, 0.4) is 0 Å².